The molecule has 0 fully saturated rings. The van der Waals surface area contributed by atoms with Crippen LogP contribution in [-0.4, -0.2) is 6.41 Å². The van der Waals surface area contributed by atoms with E-state index in [1.54, 1.807) is 24.3 Å². The average molecular weight is 151 g/mol. The van der Waals surface area contributed by atoms with Crippen molar-refractivity contribution in [3.63, 3.8) is 0 Å². The van der Waals surface area contributed by atoms with Gasteiger partial charge in [0.15, 0.2) is 0 Å². The summed E-state index contributed by atoms with van der Waals surface area (Å²) in [4.78, 5) is 9.86. The molecule has 0 heterocycles. The number of nitrogens with one attached hydrogen (secondary N) is 2. The number of nitrogens with two attached hydrogens (primary N) is 1. The monoisotopic (exact) mass is 151 g/mol. The maximum absolute atomic E-state index is 9.86. The first-order valence-corrected chi connectivity index (χ1v) is 3.13. The molecule has 0 aliphatic carbocycles. The first-order chi connectivity index (χ1) is 5.33. The maximum Gasteiger partial charge on any atom is 0.225 e. The van der Waals surface area contributed by atoms with Gasteiger partial charge in [0.2, 0.25) is 6.41 Å². The van der Waals surface area contributed by atoms with Gasteiger partial charge in [0.25, 0.3) is 0 Å². The van der Waals surface area contributed by atoms with Crippen molar-refractivity contribution in [2.24, 2.45) is 0 Å². The molecule has 0 bridgehead atoms. The molecule has 11 heavy (non-hydrogen) atoms. The summed E-state index contributed by atoms with van der Waals surface area (Å²) in [6.07, 6.45) is 0.559. The van der Waals surface area contributed by atoms with Crippen molar-refractivity contribution in [3.05, 3.63) is 24.3 Å². The molecule has 0 spiro atoms. The van der Waals surface area contributed by atoms with E-state index in [9.17, 15) is 4.79 Å². The molecule has 4 N–H and O–H groups in total. The van der Waals surface area contributed by atoms with Crippen molar-refractivity contribution in [1.29, 1.82) is 0 Å². The number of carbonyl (C=O) groups is 1. The molecular weight excluding hydrogens is 142 g/mol. The van der Waals surface area contributed by atoms with Crippen molar-refractivity contribution >= 4 is 17.8 Å². The van der Waals surface area contributed by atoms with Crippen LogP contribution in [0.3, 0.4) is 0 Å². The van der Waals surface area contributed by atoms with Gasteiger partial charge in [-0.25, -0.2) is 0 Å². The van der Waals surface area contributed by atoms with Crippen LogP contribution in [0.15, 0.2) is 24.3 Å². The van der Waals surface area contributed by atoms with E-state index < -0.39 is 0 Å². The molecule has 4 heteroatoms. The summed E-state index contributed by atoms with van der Waals surface area (Å²) in [7, 11) is 0. The Bertz CT molecular complexity index is 249. The third-order valence-electron chi connectivity index (χ3n) is 1.16. The predicted octanol–water partition coefficient (Wildman–Crippen LogP) is 0.342. The number of hydrogen-bond donors (Lipinski definition) is 3. The van der Waals surface area contributed by atoms with Gasteiger partial charge in [-0.2, -0.15) is 0 Å². The number of hydrazine groups is 1. The lowest BCUT2D eigenvalue weighted by Gasteiger charge is -2.03. The van der Waals surface area contributed by atoms with Crippen LogP contribution < -0.4 is 16.6 Å². The van der Waals surface area contributed by atoms with Gasteiger partial charge in [0.05, 0.1) is 5.69 Å². The van der Waals surface area contributed by atoms with E-state index >= 15 is 0 Å². The second-order valence-corrected chi connectivity index (χ2v) is 2.01. The van der Waals surface area contributed by atoms with E-state index in [0.29, 0.717) is 12.1 Å². The number of nitrogen functional groups attached to an aromatic ring is 1. The lowest BCUT2D eigenvalue weighted by molar-refractivity contribution is -0.109. The molecule has 58 valence electrons. The SMILES string of the molecule is Nc1cccc(NNC=O)c1. The van der Waals surface area contributed by atoms with Crippen LogP contribution in [0.5, 0.6) is 0 Å². The summed E-state index contributed by atoms with van der Waals surface area (Å²) in [6.45, 7) is 0. The first-order valence-electron chi connectivity index (χ1n) is 3.13. The summed E-state index contributed by atoms with van der Waals surface area (Å²) < 4.78 is 0. The van der Waals surface area contributed by atoms with E-state index in [0.717, 1.165) is 5.69 Å². The Morgan fingerprint density at radius 2 is 2.27 bits per heavy atom. The zero-order chi connectivity index (χ0) is 8.10. The van der Waals surface area contributed by atoms with Gasteiger partial charge in [-0.3, -0.25) is 15.6 Å². The second-order valence-electron chi connectivity index (χ2n) is 2.01. The van der Waals surface area contributed by atoms with Crippen LogP contribution in [0.4, 0.5) is 11.4 Å². The van der Waals surface area contributed by atoms with Crippen molar-refractivity contribution in [3.8, 4) is 0 Å². The fourth-order valence-corrected chi connectivity index (χ4v) is 0.729. The molecule has 4 nitrogen and oxygen atoms in total. The molecule has 0 radical (unpaired) electrons. The molecule has 1 aromatic carbocycles. The molecule has 0 aliphatic rings. The Balaban J connectivity index is 2.63. The minimum absolute atomic E-state index is 0.559. The molecule has 0 aliphatic heterocycles. The van der Waals surface area contributed by atoms with Gasteiger partial charge < -0.3 is 5.73 Å². The zero-order valence-corrected chi connectivity index (χ0v) is 5.87. The predicted molar refractivity (Wildman–Crippen MR) is 43.7 cm³/mol. The summed E-state index contributed by atoms with van der Waals surface area (Å²) >= 11 is 0. The van der Waals surface area contributed by atoms with Crippen LogP contribution in [0.1, 0.15) is 0 Å². The number of hydrogen-bond acceptors (Lipinski definition) is 3. The van der Waals surface area contributed by atoms with Gasteiger partial charge in [-0.05, 0) is 18.2 Å². The Labute approximate surface area is 64.4 Å². The zero-order valence-electron chi connectivity index (χ0n) is 5.87. The lowest BCUT2D eigenvalue weighted by atomic mass is 10.3. The smallest absolute Gasteiger partial charge is 0.225 e. The summed E-state index contributed by atoms with van der Waals surface area (Å²) in [6, 6.07) is 7.08. The first kappa shape index (κ1) is 7.40. The van der Waals surface area contributed by atoms with Crippen LogP contribution >= 0.6 is 0 Å². The topological polar surface area (TPSA) is 67.2 Å². The van der Waals surface area contributed by atoms with E-state index in [2.05, 4.69) is 10.9 Å². The van der Waals surface area contributed by atoms with Crippen LogP contribution in [0, 0.1) is 0 Å². The van der Waals surface area contributed by atoms with Crippen molar-refractivity contribution in [1.82, 2.24) is 5.43 Å². The van der Waals surface area contributed by atoms with Crippen LogP contribution in [0.25, 0.3) is 0 Å². The van der Waals surface area contributed by atoms with Crippen molar-refractivity contribution < 1.29 is 4.79 Å². The van der Waals surface area contributed by atoms with Gasteiger partial charge in [-0.15, -0.1) is 0 Å². The number of benzene rings is 1. The molecule has 0 aromatic heterocycles. The summed E-state index contributed by atoms with van der Waals surface area (Å²) in [5.41, 5.74) is 11.8. The molecule has 1 aromatic rings. The highest BCUT2D eigenvalue weighted by atomic mass is 16.1. The third-order valence-corrected chi connectivity index (χ3v) is 1.16. The van der Waals surface area contributed by atoms with Gasteiger partial charge >= 0.3 is 0 Å². The average Bonchev–Trinajstić information content (AvgIpc) is 2.01. The molecule has 0 atom stereocenters. The van der Waals surface area contributed by atoms with Crippen LogP contribution in [-0.2, 0) is 4.79 Å². The summed E-state index contributed by atoms with van der Waals surface area (Å²) in [5.74, 6) is 0. The highest BCUT2D eigenvalue weighted by Gasteiger charge is 1.88. The number of anilines is 2. The summed E-state index contributed by atoms with van der Waals surface area (Å²) in [5, 5.41) is 0. The fourth-order valence-electron chi connectivity index (χ4n) is 0.729. The van der Waals surface area contributed by atoms with E-state index in [1.807, 2.05) is 0 Å². The minimum atomic E-state index is 0.559. The molecule has 0 saturated carbocycles. The molecule has 0 unspecified atom stereocenters. The highest BCUT2D eigenvalue weighted by Crippen LogP contribution is 2.09. The molecule has 1 amide bonds. The molecular formula is C7H9N3O. The van der Waals surface area contributed by atoms with Gasteiger partial charge in [0.1, 0.15) is 0 Å². The highest BCUT2D eigenvalue weighted by molar-refractivity contribution is 5.57. The standard InChI is InChI=1S/C7H9N3O/c8-6-2-1-3-7(4-6)10-9-5-11/h1-5,10H,8H2,(H,9,11). The van der Waals surface area contributed by atoms with Crippen molar-refractivity contribution in [2.45, 2.75) is 0 Å². The quantitative estimate of drug-likeness (QED) is 0.331. The Morgan fingerprint density at radius 1 is 1.45 bits per heavy atom. The number of carbonyl (C=O) groups excluding carboxylic acids is 1. The maximum atomic E-state index is 9.86. The van der Waals surface area contributed by atoms with E-state index in [-0.39, 0.29) is 0 Å². The normalized spacial score (nSPS) is 8.73. The van der Waals surface area contributed by atoms with Crippen molar-refractivity contribution in [2.75, 3.05) is 11.2 Å². The molecule has 1 rings (SSSR count). The van der Waals surface area contributed by atoms with E-state index in [1.165, 1.54) is 0 Å². The number of rotatable bonds is 3. The van der Waals surface area contributed by atoms with Gasteiger partial charge in [0, 0.05) is 5.69 Å². The third kappa shape index (κ3) is 2.17. The van der Waals surface area contributed by atoms with Crippen LogP contribution in [0.2, 0.25) is 0 Å². The van der Waals surface area contributed by atoms with E-state index in [4.69, 9.17) is 5.73 Å². The second kappa shape index (κ2) is 3.46. The molecule has 0 saturated heterocycles. The Morgan fingerprint density at radius 3 is 2.91 bits per heavy atom. The lowest BCUT2D eigenvalue weighted by Crippen LogP contribution is -2.18. The number of amides is 1. The van der Waals surface area contributed by atoms with Gasteiger partial charge in [-0.1, -0.05) is 6.07 Å². The largest absolute Gasteiger partial charge is 0.399 e. The Hall–Kier alpha value is -1.71. The minimum Gasteiger partial charge on any atom is -0.399 e. The Kier molecular flexibility index (Phi) is 2.32. The fraction of sp³-hybridized carbons (Fsp3) is 0.